The van der Waals surface area contributed by atoms with Gasteiger partial charge in [-0.25, -0.2) is 0 Å². The van der Waals surface area contributed by atoms with E-state index < -0.39 is 0 Å². The predicted octanol–water partition coefficient (Wildman–Crippen LogP) is 4.51. The van der Waals surface area contributed by atoms with Crippen molar-refractivity contribution < 1.29 is 4.74 Å². The topological polar surface area (TPSA) is 12.5 Å². The van der Waals surface area contributed by atoms with Crippen molar-refractivity contribution in [2.24, 2.45) is 0 Å². The summed E-state index contributed by atoms with van der Waals surface area (Å²) in [6.45, 7) is 6.14. The van der Waals surface area contributed by atoms with Crippen molar-refractivity contribution in [2.45, 2.75) is 83.3 Å². The highest BCUT2D eigenvalue weighted by molar-refractivity contribution is 4.86. The van der Waals surface area contributed by atoms with E-state index >= 15 is 0 Å². The Kier molecular flexibility index (Phi) is 7.08. The van der Waals surface area contributed by atoms with Gasteiger partial charge >= 0.3 is 0 Å². The van der Waals surface area contributed by atoms with Gasteiger partial charge in [0.25, 0.3) is 0 Å². The number of rotatable bonds is 10. The second-order valence-corrected chi connectivity index (χ2v) is 4.83. The van der Waals surface area contributed by atoms with E-state index in [1.165, 1.54) is 64.2 Å². The molecule has 0 aromatic carbocycles. The van der Waals surface area contributed by atoms with Gasteiger partial charge in [0.1, 0.15) is 0 Å². The van der Waals surface area contributed by atoms with Crippen LogP contribution in [0, 0.1) is 6.92 Å². The van der Waals surface area contributed by atoms with Gasteiger partial charge in [0, 0.05) is 0 Å². The van der Waals surface area contributed by atoms with Crippen molar-refractivity contribution >= 4 is 0 Å². The summed E-state index contributed by atoms with van der Waals surface area (Å²) in [6, 6.07) is 0. The number of hydrogen-bond acceptors (Lipinski definition) is 1. The van der Waals surface area contributed by atoms with Gasteiger partial charge in [0.2, 0.25) is 0 Å². The Morgan fingerprint density at radius 1 is 0.867 bits per heavy atom. The zero-order chi connectivity index (χ0) is 10.9. The summed E-state index contributed by atoms with van der Waals surface area (Å²) < 4.78 is 5.28. The lowest BCUT2D eigenvalue weighted by atomic mass is 10.1. The second-order valence-electron chi connectivity index (χ2n) is 4.83. The minimum Gasteiger partial charge on any atom is -0.370 e. The molecule has 1 aliphatic rings. The third-order valence-corrected chi connectivity index (χ3v) is 3.28. The summed E-state index contributed by atoms with van der Waals surface area (Å²) in [5.74, 6) is 0. The van der Waals surface area contributed by atoms with Crippen molar-refractivity contribution in [1.82, 2.24) is 0 Å². The molecule has 1 rings (SSSR count). The summed E-state index contributed by atoms with van der Waals surface area (Å²) in [7, 11) is 0. The van der Waals surface area contributed by atoms with E-state index in [1.807, 2.05) is 0 Å². The van der Waals surface area contributed by atoms with Gasteiger partial charge in [-0.05, 0) is 13.3 Å². The molecule has 1 heteroatoms. The Hall–Kier alpha value is -0.0400. The quantitative estimate of drug-likeness (QED) is 0.382. The molecule has 15 heavy (non-hydrogen) atoms. The van der Waals surface area contributed by atoms with E-state index in [4.69, 9.17) is 4.74 Å². The van der Waals surface area contributed by atoms with Gasteiger partial charge in [0.05, 0.1) is 12.2 Å². The van der Waals surface area contributed by atoms with E-state index in [1.54, 1.807) is 0 Å². The average molecular weight is 211 g/mol. The van der Waals surface area contributed by atoms with E-state index in [2.05, 4.69) is 13.8 Å². The predicted molar refractivity (Wildman–Crippen MR) is 65.9 cm³/mol. The van der Waals surface area contributed by atoms with Crippen molar-refractivity contribution in [3.63, 3.8) is 0 Å². The summed E-state index contributed by atoms with van der Waals surface area (Å²) in [4.78, 5) is 0. The Bertz CT molecular complexity index is 144. The molecule has 0 aromatic heterocycles. The zero-order valence-corrected chi connectivity index (χ0v) is 10.3. The molecule has 1 fully saturated rings. The summed E-state index contributed by atoms with van der Waals surface area (Å²) in [6.07, 6.45) is 14.7. The maximum atomic E-state index is 5.28. The standard InChI is InChI=1S/C14H27O/c1-3-4-5-6-7-8-9-10-11-12-14-13(2)15-14/h13-14H,2-12H2,1H3. The highest BCUT2D eigenvalue weighted by atomic mass is 16.6. The first-order chi connectivity index (χ1) is 7.34. The lowest BCUT2D eigenvalue weighted by Gasteiger charge is -2.00. The number of unbranched alkanes of at least 4 members (excludes halogenated alkanes) is 8. The van der Waals surface area contributed by atoms with Crippen LogP contribution >= 0.6 is 0 Å². The number of ether oxygens (including phenoxy) is 1. The van der Waals surface area contributed by atoms with Crippen LogP contribution in [0.15, 0.2) is 0 Å². The SMILES string of the molecule is [CH2]C1OC1CCCCCCCCCCC. The lowest BCUT2D eigenvalue weighted by molar-refractivity contribution is 0.371. The second kappa shape index (κ2) is 8.15. The molecule has 1 nitrogen and oxygen atoms in total. The van der Waals surface area contributed by atoms with Crippen LogP contribution in [0.3, 0.4) is 0 Å². The van der Waals surface area contributed by atoms with Crippen LogP contribution in [0.5, 0.6) is 0 Å². The molecule has 1 aliphatic heterocycles. The largest absolute Gasteiger partial charge is 0.370 e. The maximum Gasteiger partial charge on any atom is 0.0842 e. The van der Waals surface area contributed by atoms with Crippen LogP contribution < -0.4 is 0 Å². The molecule has 0 aliphatic carbocycles. The van der Waals surface area contributed by atoms with E-state index in [9.17, 15) is 0 Å². The molecule has 2 unspecified atom stereocenters. The fourth-order valence-corrected chi connectivity index (χ4v) is 2.09. The normalized spacial score (nSPS) is 24.4. The molecule has 1 saturated heterocycles. The van der Waals surface area contributed by atoms with Crippen molar-refractivity contribution in [3.05, 3.63) is 6.92 Å². The molecule has 89 valence electrons. The molecular formula is C14H27O. The minimum absolute atomic E-state index is 0.319. The van der Waals surface area contributed by atoms with Crippen LogP contribution in [-0.4, -0.2) is 12.2 Å². The van der Waals surface area contributed by atoms with Crippen LogP contribution in [0.25, 0.3) is 0 Å². The molecule has 2 atom stereocenters. The highest BCUT2D eigenvalue weighted by Crippen LogP contribution is 2.26. The first-order valence-electron chi connectivity index (χ1n) is 6.83. The van der Waals surface area contributed by atoms with Crippen LogP contribution in [0.1, 0.15) is 71.1 Å². The van der Waals surface area contributed by atoms with Crippen molar-refractivity contribution in [1.29, 1.82) is 0 Å². The minimum atomic E-state index is 0.319. The molecule has 1 heterocycles. The summed E-state index contributed by atoms with van der Waals surface area (Å²) >= 11 is 0. The summed E-state index contributed by atoms with van der Waals surface area (Å²) in [5.41, 5.74) is 0. The van der Waals surface area contributed by atoms with Crippen LogP contribution in [-0.2, 0) is 4.74 Å². The first kappa shape index (κ1) is 13.0. The Morgan fingerprint density at radius 3 is 1.80 bits per heavy atom. The van der Waals surface area contributed by atoms with Gasteiger partial charge in [-0.2, -0.15) is 0 Å². The van der Waals surface area contributed by atoms with E-state index in [-0.39, 0.29) is 0 Å². The molecule has 1 radical (unpaired) electrons. The number of epoxide rings is 1. The highest BCUT2D eigenvalue weighted by Gasteiger charge is 2.32. The zero-order valence-electron chi connectivity index (χ0n) is 10.3. The Morgan fingerprint density at radius 2 is 1.33 bits per heavy atom. The van der Waals surface area contributed by atoms with Gasteiger partial charge in [-0.15, -0.1) is 0 Å². The third-order valence-electron chi connectivity index (χ3n) is 3.28. The van der Waals surface area contributed by atoms with Gasteiger partial charge in [0.15, 0.2) is 0 Å². The van der Waals surface area contributed by atoms with Gasteiger partial charge < -0.3 is 4.74 Å². The average Bonchev–Trinajstić information content (AvgIpc) is 2.92. The Labute approximate surface area is 95.6 Å². The Balaban J connectivity index is 1.66. The first-order valence-corrected chi connectivity index (χ1v) is 6.83. The molecule has 0 bridgehead atoms. The molecule has 0 saturated carbocycles. The monoisotopic (exact) mass is 211 g/mol. The van der Waals surface area contributed by atoms with Crippen molar-refractivity contribution in [2.75, 3.05) is 0 Å². The van der Waals surface area contributed by atoms with Crippen molar-refractivity contribution in [3.8, 4) is 0 Å². The lowest BCUT2D eigenvalue weighted by Crippen LogP contribution is -1.89. The van der Waals surface area contributed by atoms with E-state index in [0.29, 0.717) is 12.2 Å². The fraction of sp³-hybridized carbons (Fsp3) is 0.929. The van der Waals surface area contributed by atoms with E-state index in [0.717, 1.165) is 0 Å². The number of hydrogen-bond donors (Lipinski definition) is 0. The fourth-order valence-electron chi connectivity index (χ4n) is 2.09. The third kappa shape index (κ3) is 6.94. The van der Waals surface area contributed by atoms with Crippen LogP contribution in [0.2, 0.25) is 0 Å². The summed E-state index contributed by atoms with van der Waals surface area (Å²) in [5, 5.41) is 0. The smallest absolute Gasteiger partial charge is 0.0842 e. The molecule has 0 spiro atoms. The van der Waals surface area contributed by atoms with Gasteiger partial charge in [-0.3, -0.25) is 0 Å². The molecule has 0 amide bonds. The molecule has 0 N–H and O–H groups in total. The maximum absolute atomic E-state index is 5.28. The molecular weight excluding hydrogens is 184 g/mol. The van der Waals surface area contributed by atoms with Gasteiger partial charge in [-0.1, -0.05) is 64.7 Å². The molecule has 0 aromatic rings. The van der Waals surface area contributed by atoms with Crippen LogP contribution in [0.4, 0.5) is 0 Å².